The average molecular weight is 248 g/mol. The molecule has 0 saturated carbocycles. The smallest absolute Gasteiger partial charge is 0.0992 e. The summed E-state index contributed by atoms with van der Waals surface area (Å²) in [5.74, 6) is 0. The molecule has 2 rings (SSSR count). The highest BCUT2D eigenvalue weighted by Crippen LogP contribution is 2.20. The molecule has 19 heavy (non-hydrogen) atoms. The van der Waals surface area contributed by atoms with Crippen molar-refractivity contribution in [1.29, 1.82) is 10.5 Å². The van der Waals surface area contributed by atoms with Gasteiger partial charge in [-0.1, -0.05) is 12.1 Å². The van der Waals surface area contributed by atoms with Crippen molar-refractivity contribution < 1.29 is 0 Å². The third-order valence-corrected chi connectivity index (χ3v) is 2.72. The van der Waals surface area contributed by atoms with Crippen LogP contribution < -0.4 is 11.1 Å². The van der Waals surface area contributed by atoms with Gasteiger partial charge in [-0.2, -0.15) is 10.5 Å². The molecule has 0 aliphatic rings. The molecule has 0 unspecified atom stereocenters. The molecule has 0 radical (unpaired) electrons. The van der Waals surface area contributed by atoms with Crippen LogP contribution in [0.15, 0.2) is 42.5 Å². The minimum atomic E-state index is 0.550. The third kappa shape index (κ3) is 3.02. The van der Waals surface area contributed by atoms with E-state index in [0.29, 0.717) is 23.4 Å². The summed E-state index contributed by atoms with van der Waals surface area (Å²) < 4.78 is 0. The SMILES string of the molecule is N#Cc1cccc(CNc2cc(C#N)ccc2N)c1. The fourth-order valence-electron chi connectivity index (χ4n) is 1.73. The minimum absolute atomic E-state index is 0.550. The Bertz CT molecular complexity index is 677. The number of nitrogens with two attached hydrogens (primary N) is 1. The van der Waals surface area contributed by atoms with Crippen molar-refractivity contribution in [3.8, 4) is 12.1 Å². The molecule has 3 N–H and O–H groups in total. The van der Waals surface area contributed by atoms with Crippen LogP contribution in [0.2, 0.25) is 0 Å². The molecule has 0 heterocycles. The molecule has 4 nitrogen and oxygen atoms in total. The second-order valence-corrected chi connectivity index (χ2v) is 4.08. The molecule has 2 aromatic rings. The predicted molar refractivity (Wildman–Crippen MR) is 74.1 cm³/mol. The van der Waals surface area contributed by atoms with E-state index in [0.717, 1.165) is 11.3 Å². The molecule has 0 fully saturated rings. The van der Waals surface area contributed by atoms with Crippen LogP contribution in [-0.2, 0) is 6.54 Å². The van der Waals surface area contributed by atoms with Crippen LogP contribution >= 0.6 is 0 Å². The van der Waals surface area contributed by atoms with Gasteiger partial charge in [0.05, 0.1) is 34.6 Å². The summed E-state index contributed by atoms with van der Waals surface area (Å²) in [6.45, 7) is 0.550. The van der Waals surface area contributed by atoms with Crippen LogP contribution in [0.5, 0.6) is 0 Å². The summed E-state index contributed by atoms with van der Waals surface area (Å²) >= 11 is 0. The maximum atomic E-state index is 8.85. The van der Waals surface area contributed by atoms with Gasteiger partial charge in [-0.05, 0) is 35.9 Å². The van der Waals surface area contributed by atoms with E-state index in [9.17, 15) is 0 Å². The van der Waals surface area contributed by atoms with Crippen LogP contribution in [0.1, 0.15) is 16.7 Å². The van der Waals surface area contributed by atoms with Crippen molar-refractivity contribution in [3.05, 3.63) is 59.2 Å². The molecule has 0 aliphatic heterocycles. The van der Waals surface area contributed by atoms with Crippen molar-refractivity contribution >= 4 is 11.4 Å². The summed E-state index contributed by atoms with van der Waals surface area (Å²) in [6.07, 6.45) is 0. The zero-order valence-electron chi connectivity index (χ0n) is 10.2. The van der Waals surface area contributed by atoms with Crippen LogP contribution in [0.3, 0.4) is 0 Å². The number of nitrogen functional groups attached to an aromatic ring is 1. The lowest BCUT2D eigenvalue weighted by Gasteiger charge is -2.09. The quantitative estimate of drug-likeness (QED) is 0.817. The highest BCUT2D eigenvalue weighted by atomic mass is 14.9. The highest BCUT2D eigenvalue weighted by molar-refractivity contribution is 5.68. The fraction of sp³-hybridized carbons (Fsp3) is 0.0667. The number of nitrogens with one attached hydrogen (secondary N) is 1. The molecule has 4 heteroatoms. The van der Waals surface area contributed by atoms with Gasteiger partial charge >= 0.3 is 0 Å². The van der Waals surface area contributed by atoms with E-state index in [-0.39, 0.29) is 0 Å². The van der Waals surface area contributed by atoms with E-state index in [1.165, 1.54) is 0 Å². The van der Waals surface area contributed by atoms with E-state index >= 15 is 0 Å². The Morgan fingerprint density at radius 2 is 1.74 bits per heavy atom. The second kappa shape index (κ2) is 5.57. The minimum Gasteiger partial charge on any atom is -0.397 e. The van der Waals surface area contributed by atoms with Crippen molar-refractivity contribution in [2.75, 3.05) is 11.1 Å². The molecule has 0 atom stereocenters. The monoisotopic (exact) mass is 248 g/mol. The molecule has 0 aliphatic carbocycles. The molecule has 0 bridgehead atoms. The molecule has 0 aromatic heterocycles. The highest BCUT2D eigenvalue weighted by Gasteiger charge is 2.01. The first-order chi connectivity index (χ1) is 9.22. The van der Waals surface area contributed by atoms with E-state index < -0.39 is 0 Å². The standard InChI is InChI=1S/C15H12N4/c16-8-11-2-1-3-13(6-11)10-19-15-7-12(9-17)4-5-14(15)18/h1-7,19H,10,18H2. The Hall–Kier alpha value is -2.98. The summed E-state index contributed by atoms with van der Waals surface area (Å²) in [5.41, 5.74) is 9.32. The molecule has 2 aromatic carbocycles. The van der Waals surface area contributed by atoms with Gasteiger partial charge < -0.3 is 11.1 Å². The van der Waals surface area contributed by atoms with Gasteiger partial charge in [-0.3, -0.25) is 0 Å². The fourth-order valence-corrected chi connectivity index (χ4v) is 1.73. The topological polar surface area (TPSA) is 85.6 Å². The van der Waals surface area contributed by atoms with Crippen LogP contribution in [0.4, 0.5) is 11.4 Å². The summed E-state index contributed by atoms with van der Waals surface area (Å²) in [7, 11) is 0. The largest absolute Gasteiger partial charge is 0.397 e. The maximum absolute atomic E-state index is 8.85. The van der Waals surface area contributed by atoms with Gasteiger partial charge in [0.2, 0.25) is 0 Å². The number of hydrogen-bond donors (Lipinski definition) is 2. The van der Waals surface area contributed by atoms with Gasteiger partial charge in [-0.15, -0.1) is 0 Å². The summed E-state index contributed by atoms with van der Waals surface area (Å²) in [5, 5.41) is 20.9. The lowest BCUT2D eigenvalue weighted by atomic mass is 10.1. The van der Waals surface area contributed by atoms with Gasteiger partial charge in [0.25, 0.3) is 0 Å². The van der Waals surface area contributed by atoms with Crippen LogP contribution in [-0.4, -0.2) is 0 Å². The van der Waals surface area contributed by atoms with Crippen LogP contribution in [0, 0.1) is 22.7 Å². The Morgan fingerprint density at radius 1 is 1.00 bits per heavy atom. The van der Waals surface area contributed by atoms with E-state index in [1.807, 2.05) is 18.2 Å². The molecule has 0 saturated heterocycles. The van der Waals surface area contributed by atoms with Gasteiger partial charge in [0.1, 0.15) is 0 Å². The molecular weight excluding hydrogens is 236 g/mol. The van der Waals surface area contributed by atoms with E-state index in [2.05, 4.69) is 17.5 Å². The number of anilines is 2. The molecule has 0 spiro atoms. The van der Waals surface area contributed by atoms with Crippen molar-refractivity contribution in [3.63, 3.8) is 0 Å². The predicted octanol–water partition coefficient (Wildman–Crippen LogP) is 2.62. The van der Waals surface area contributed by atoms with Gasteiger partial charge in [-0.25, -0.2) is 0 Å². The number of hydrogen-bond acceptors (Lipinski definition) is 4. The number of rotatable bonds is 3. The Labute approximate surface area is 111 Å². The molecule has 92 valence electrons. The maximum Gasteiger partial charge on any atom is 0.0992 e. The normalized spacial score (nSPS) is 9.37. The zero-order valence-corrected chi connectivity index (χ0v) is 10.2. The molecule has 0 amide bonds. The first kappa shape index (κ1) is 12.5. The van der Waals surface area contributed by atoms with Crippen molar-refractivity contribution in [1.82, 2.24) is 0 Å². The lowest BCUT2D eigenvalue weighted by Crippen LogP contribution is -2.03. The lowest BCUT2D eigenvalue weighted by molar-refractivity contribution is 1.15. The van der Waals surface area contributed by atoms with Gasteiger partial charge in [0.15, 0.2) is 0 Å². The first-order valence-electron chi connectivity index (χ1n) is 5.75. The summed E-state index contributed by atoms with van der Waals surface area (Å²) in [6, 6.07) is 16.6. The third-order valence-electron chi connectivity index (χ3n) is 2.72. The second-order valence-electron chi connectivity index (χ2n) is 4.08. The summed E-state index contributed by atoms with van der Waals surface area (Å²) in [4.78, 5) is 0. The average Bonchev–Trinajstić information content (AvgIpc) is 2.46. The Balaban J connectivity index is 2.14. The number of nitrogens with zero attached hydrogens (tertiary/aromatic N) is 2. The Morgan fingerprint density at radius 3 is 2.47 bits per heavy atom. The van der Waals surface area contributed by atoms with E-state index in [4.69, 9.17) is 16.3 Å². The van der Waals surface area contributed by atoms with Crippen molar-refractivity contribution in [2.24, 2.45) is 0 Å². The van der Waals surface area contributed by atoms with Gasteiger partial charge in [0, 0.05) is 6.54 Å². The van der Waals surface area contributed by atoms with Crippen molar-refractivity contribution in [2.45, 2.75) is 6.54 Å². The number of benzene rings is 2. The first-order valence-corrected chi connectivity index (χ1v) is 5.75. The van der Waals surface area contributed by atoms with Crippen LogP contribution in [0.25, 0.3) is 0 Å². The Kier molecular flexibility index (Phi) is 3.66. The van der Waals surface area contributed by atoms with E-state index in [1.54, 1.807) is 24.3 Å². The molecular formula is C15H12N4. The zero-order chi connectivity index (χ0) is 13.7. The number of nitriles is 2.